The topological polar surface area (TPSA) is 58.2 Å². The standard InChI is InChI=1S/C18H19BrN2O2/c1-12(2)14-5-3-13(4-6-14)11-20-17(22)18(23)21-16-9-7-15(19)8-10-16/h3-10,12H,11H2,1-2H3,(H,20,22)(H,21,23). The SMILES string of the molecule is CC(C)c1ccc(CNC(=O)C(=O)Nc2ccc(Br)cc2)cc1. The molecule has 120 valence electrons. The minimum atomic E-state index is -0.675. The van der Waals surface area contributed by atoms with E-state index in [1.807, 2.05) is 24.3 Å². The van der Waals surface area contributed by atoms with Crippen LogP contribution in [-0.4, -0.2) is 11.8 Å². The summed E-state index contributed by atoms with van der Waals surface area (Å²) in [6, 6.07) is 15.0. The second-order valence-corrected chi connectivity index (χ2v) is 6.46. The fraction of sp³-hybridized carbons (Fsp3) is 0.222. The summed E-state index contributed by atoms with van der Waals surface area (Å²) in [4.78, 5) is 23.7. The summed E-state index contributed by atoms with van der Waals surface area (Å²) in [6.45, 7) is 4.58. The predicted molar refractivity (Wildman–Crippen MR) is 95.1 cm³/mol. The first-order valence-electron chi connectivity index (χ1n) is 7.39. The van der Waals surface area contributed by atoms with Crippen molar-refractivity contribution in [2.75, 3.05) is 5.32 Å². The van der Waals surface area contributed by atoms with E-state index in [9.17, 15) is 9.59 Å². The number of carbonyl (C=O) groups is 2. The number of rotatable bonds is 4. The average molecular weight is 375 g/mol. The highest BCUT2D eigenvalue weighted by Crippen LogP contribution is 2.15. The molecule has 0 radical (unpaired) electrons. The molecule has 0 heterocycles. The number of amides is 2. The Hall–Kier alpha value is -2.14. The van der Waals surface area contributed by atoms with Crippen LogP contribution in [0.2, 0.25) is 0 Å². The van der Waals surface area contributed by atoms with Gasteiger partial charge in [-0.05, 0) is 41.3 Å². The molecule has 0 saturated heterocycles. The van der Waals surface area contributed by atoms with Crippen LogP contribution < -0.4 is 10.6 Å². The Balaban J connectivity index is 1.86. The highest BCUT2D eigenvalue weighted by Gasteiger charge is 2.13. The second kappa shape index (κ2) is 7.92. The van der Waals surface area contributed by atoms with Crippen molar-refractivity contribution < 1.29 is 9.59 Å². The van der Waals surface area contributed by atoms with Gasteiger partial charge in [-0.2, -0.15) is 0 Å². The lowest BCUT2D eigenvalue weighted by molar-refractivity contribution is -0.136. The van der Waals surface area contributed by atoms with Crippen LogP contribution in [-0.2, 0) is 16.1 Å². The number of hydrogen-bond acceptors (Lipinski definition) is 2. The lowest BCUT2D eigenvalue weighted by Crippen LogP contribution is -2.34. The molecular formula is C18H19BrN2O2. The van der Waals surface area contributed by atoms with E-state index in [1.165, 1.54) is 5.56 Å². The van der Waals surface area contributed by atoms with E-state index in [0.29, 0.717) is 18.2 Å². The van der Waals surface area contributed by atoms with Gasteiger partial charge < -0.3 is 10.6 Å². The fourth-order valence-corrected chi connectivity index (χ4v) is 2.27. The van der Waals surface area contributed by atoms with Crippen molar-refractivity contribution in [2.45, 2.75) is 26.3 Å². The van der Waals surface area contributed by atoms with Gasteiger partial charge in [0, 0.05) is 16.7 Å². The molecule has 0 fully saturated rings. The van der Waals surface area contributed by atoms with Gasteiger partial charge in [0.2, 0.25) is 0 Å². The summed E-state index contributed by atoms with van der Waals surface area (Å²) < 4.78 is 0.907. The van der Waals surface area contributed by atoms with Crippen LogP contribution in [0.4, 0.5) is 5.69 Å². The normalized spacial score (nSPS) is 10.4. The molecule has 5 heteroatoms. The highest BCUT2D eigenvalue weighted by molar-refractivity contribution is 9.10. The molecule has 0 saturated carbocycles. The molecule has 0 aliphatic rings. The third-order valence-electron chi connectivity index (χ3n) is 3.41. The zero-order chi connectivity index (χ0) is 16.8. The lowest BCUT2D eigenvalue weighted by Gasteiger charge is -2.09. The van der Waals surface area contributed by atoms with Crippen molar-refractivity contribution in [3.05, 3.63) is 64.1 Å². The van der Waals surface area contributed by atoms with Gasteiger partial charge in [0.05, 0.1) is 0 Å². The van der Waals surface area contributed by atoms with Crippen LogP contribution in [0, 0.1) is 0 Å². The van der Waals surface area contributed by atoms with Crippen LogP contribution in [0.15, 0.2) is 53.0 Å². The summed E-state index contributed by atoms with van der Waals surface area (Å²) in [5.41, 5.74) is 2.78. The van der Waals surface area contributed by atoms with E-state index in [0.717, 1.165) is 10.0 Å². The first-order valence-corrected chi connectivity index (χ1v) is 8.18. The van der Waals surface area contributed by atoms with Gasteiger partial charge in [0.1, 0.15) is 0 Å². The molecule has 0 aliphatic carbocycles. The number of carbonyl (C=O) groups excluding carboxylic acids is 2. The Labute approximate surface area is 144 Å². The lowest BCUT2D eigenvalue weighted by atomic mass is 10.0. The Morgan fingerprint density at radius 2 is 1.57 bits per heavy atom. The van der Waals surface area contributed by atoms with Crippen molar-refractivity contribution in [1.29, 1.82) is 0 Å². The van der Waals surface area contributed by atoms with E-state index < -0.39 is 11.8 Å². The molecule has 0 aliphatic heterocycles. The number of hydrogen-bond donors (Lipinski definition) is 2. The molecule has 2 aromatic carbocycles. The van der Waals surface area contributed by atoms with Gasteiger partial charge in [-0.25, -0.2) is 0 Å². The van der Waals surface area contributed by atoms with Crippen LogP contribution >= 0.6 is 15.9 Å². The fourth-order valence-electron chi connectivity index (χ4n) is 2.00. The van der Waals surface area contributed by atoms with Gasteiger partial charge in [-0.1, -0.05) is 54.0 Å². The van der Waals surface area contributed by atoms with Gasteiger partial charge in [-0.3, -0.25) is 9.59 Å². The van der Waals surface area contributed by atoms with Crippen molar-refractivity contribution in [3.63, 3.8) is 0 Å². The monoisotopic (exact) mass is 374 g/mol. The first kappa shape index (κ1) is 17.2. The van der Waals surface area contributed by atoms with Crippen LogP contribution in [0.5, 0.6) is 0 Å². The highest BCUT2D eigenvalue weighted by atomic mass is 79.9. The molecule has 0 unspecified atom stereocenters. The van der Waals surface area contributed by atoms with Crippen LogP contribution in [0.25, 0.3) is 0 Å². The smallest absolute Gasteiger partial charge is 0.313 e. The zero-order valence-electron chi connectivity index (χ0n) is 13.1. The number of benzene rings is 2. The molecule has 2 amide bonds. The Morgan fingerprint density at radius 3 is 2.13 bits per heavy atom. The van der Waals surface area contributed by atoms with Gasteiger partial charge in [-0.15, -0.1) is 0 Å². The zero-order valence-corrected chi connectivity index (χ0v) is 14.7. The summed E-state index contributed by atoms with van der Waals surface area (Å²) >= 11 is 3.31. The Bertz CT molecular complexity index is 679. The number of nitrogens with one attached hydrogen (secondary N) is 2. The van der Waals surface area contributed by atoms with E-state index in [1.54, 1.807) is 24.3 Å². The van der Waals surface area contributed by atoms with Gasteiger partial charge >= 0.3 is 11.8 Å². The van der Waals surface area contributed by atoms with Crippen molar-refractivity contribution >= 4 is 33.4 Å². The van der Waals surface area contributed by atoms with Crippen molar-refractivity contribution in [3.8, 4) is 0 Å². The van der Waals surface area contributed by atoms with Crippen molar-refractivity contribution in [1.82, 2.24) is 5.32 Å². The van der Waals surface area contributed by atoms with Gasteiger partial charge in [0.15, 0.2) is 0 Å². The molecule has 2 N–H and O–H groups in total. The van der Waals surface area contributed by atoms with E-state index >= 15 is 0 Å². The summed E-state index contributed by atoms with van der Waals surface area (Å²) in [5.74, 6) is -0.859. The van der Waals surface area contributed by atoms with E-state index in [-0.39, 0.29) is 0 Å². The van der Waals surface area contributed by atoms with E-state index in [4.69, 9.17) is 0 Å². The molecule has 0 aromatic heterocycles. The third kappa shape index (κ3) is 5.21. The Kier molecular flexibility index (Phi) is 5.93. The minimum Gasteiger partial charge on any atom is -0.344 e. The van der Waals surface area contributed by atoms with Crippen molar-refractivity contribution in [2.24, 2.45) is 0 Å². The van der Waals surface area contributed by atoms with Gasteiger partial charge in [0.25, 0.3) is 0 Å². The average Bonchev–Trinajstić information content (AvgIpc) is 2.55. The van der Waals surface area contributed by atoms with E-state index in [2.05, 4.69) is 40.4 Å². The molecule has 0 bridgehead atoms. The molecule has 4 nitrogen and oxygen atoms in total. The van der Waals surface area contributed by atoms with Crippen LogP contribution in [0.1, 0.15) is 30.9 Å². The third-order valence-corrected chi connectivity index (χ3v) is 3.94. The maximum atomic E-state index is 11.8. The summed E-state index contributed by atoms with van der Waals surface area (Å²) in [7, 11) is 0. The first-order chi connectivity index (χ1) is 11.0. The second-order valence-electron chi connectivity index (χ2n) is 5.54. The summed E-state index contributed by atoms with van der Waals surface area (Å²) in [6.07, 6.45) is 0. The largest absolute Gasteiger partial charge is 0.344 e. The minimum absolute atomic E-state index is 0.324. The quantitative estimate of drug-likeness (QED) is 0.798. The predicted octanol–water partition coefficient (Wildman–Crippen LogP) is 3.83. The molecule has 0 spiro atoms. The molecule has 2 aromatic rings. The molecule has 2 rings (SSSR count). The number of halogens is 1. The van der Waals surface area contributed by atoms with Crippen LogP contribution in [0.3, 0.4) is 0 Å². The maximum Gasteiger partial charge on any atom is 0.313 e. The Morgan fingerprint density at radius 1 is 0.957 bits per heavy atom. The molecule has 23 heavy (non-hydrogen) atoms. The molecular weight excluding hydrogens is 356 g/mol. The summed E-state index contributed by atoms with van der Waals surface area (Å²) in [5, 5.41) is 5.18. The molecule has 0 atom stereocenters. The maximum absolute atomic E-state index is 11.8. The number of anilines is 1.